The quantitative estimate of drug-likeness (QED) is 0.772. The first-order chi connectivity index (χ1) is 11.1. The number of hydrogen-bond donors (Lipinski definition) is 3. The summed E-state index contributed by atoms with van der Waals surface area (Å²) in [5.41, 5.74) is 2.97. The third-order valence-electron chi connectivity index (χ3n) is 4.75. The molecule has 5 heteroatoms. The summed E-state index contributed by atoms with van der Waals surface area (Å²) in [7, 11) is 0. The Morgan fingerprint density at radius 3 is 2.25 bits per heavy atom. The van der Waals surface area contributed by atoms with Crippen LogP contribution in [0.25, 0.3) is 5.57 Å². The largest absolute Gasteiger partial charge is 0.481 e. The Kier molecular flexibility index (Phi) is 5.13. The molecule has 1 aromatic carbocycles. The zero-order chi connectivity index (χ0) is 18.1. The smallest absolute Gasteiger partial charge is 0.321 e. The molecule has 3 atom stereocenters. The van der Waals surface area contributed by atoms with Gasteiger partial charge in [-0.2, -0.15) is 0 Å². The Bertz CT molecular complexity index is 642. The molecule has 2 rings (SSSR count). The van der Waals surface area contributed by atoms with Crippen molar-refractivity contribution < 1.29 is 19.8 Å². The summed E-state index contributed by atoms with van der Waals surface area (Å²) >= 11 is 0. The van der Waals surface area contributed by atoms with Gasteiger partial charge in [0.25, 0.3) is 0 Å². The first-order valence-electron chi connectivity index (χ1n) is 8.09. The lowest BCUT2D eigenvalue weighted by atomic mass is 9.80. The summed E-state index contributed by atoms with van der Waals surface area (Å²) in [5, 5.41) is 21.4. The zero-order valence-corrected chi connectivity index (χ0v) is 14.4. The molecule has 1 aliphatic rings. The van der Waals surface area contributed by atoms with E-state index in [-0.39, 0.29) is 17.8 Å². The first-order valence-corrected chi connectivity index (χ1v) is 8.09. The number of nitrogens with one attached hydrogen (secondary N) is 1. The van der Waals surface area contributed by atoms with Crippen molar-refractivity contribution in [3.63, 3.8) is 0 Å². The molecule has 5 nitrogen and oxygen atoms in total. The van der Waals surface area contributed by atoms with E-state index < -0.39 is 23.9 Å². The van der Waals surface area contributed by atoms with Gasteiger partial charge >= 0.3 is 11.9 Å². The number of benzene rings is 1. The van der Waals surface area contributed by atoms with E-state index >= 15 is 0 Å². The van der Waals surface area contributed by atoms with Gasteiger partial charge in [0.2, 0.25) is 0 Å². The molecule has 0 unspecified atom stereocenters. The van der Waals surface area contributed by atoms with Crippen molar-refractivity contribution in [2.45, 2.75) is 38.6 Å². The van der Waals surface area contributed by atoms with Crippen molar-refractivity contribution in [1.29, 1.82) is 0 Å². The summed E-state index contributed by atoms with van der Waals surface area (Å²) in [5.74, 6) is -2.71. The molecule has 1 heterocycles. The van der Waals surface area contributed by atoms with E-state index in [9.17, 15) is 14.7 Å². The molecule has 0 bridgehead atoms. The van der Waals surface area contributed by atoms with Crippen LogP contribution in [-0.2, 0) is 15.0 Å². The molecular weight excluding hydrogens is 306 g/mol. The van der Waals surface area contributed by atoms with Crippen LogP contribution in [-0.4, -0.2) is 34.7 Å². The molecule has 0 aliphatic carbocycles. The summed E-state index contributed by atoms with van der Waals surface area (Å²) in [6.07, 6.45) is -0.187. The normalized spacial score (nSPS) is 23.9. The minimum Gasteiger partial charge on any atom is -0.481 e. The van der Waals surface area contributed by atoms with Gasteiger partial charge in [0, 0.05) is 18.4 Å². The molecule has 0 spiro atoms. The van der Waals surface area contributed by atoms with Crippen LogP contribution in [0.5, 0.6) is 0 Å². The van der Waals surface area contributed by atoms with Gasteiger partial charge in [0.1, 0.15) is 6.04 Å². The second-order valence-electron chi connectivity index (χ2n) is 7.44. The Morgan fingerprint density at radius 2 is 1.79 bits per heavy atom. The molecule has 24 heavy (non-hydrogen) atoms. The second kappa shape index (κ2) is 6.77. The third kappa shape index (κ3) is 3.85. The van der Waals surface area contributed by atoms with Crippen LogP contribution < -0.4 is 5.32 Å². The van der Waals surface area contributed by atoms with Gasteiger partial charge in [-0.15, -0.1) is 0 Å². The van der Waals surface area contributed by atoms with E-state index in [4.69, 9.17) is 5.11 Å². The highest BCUT2D eigenvalue weighted by Crippen LogP contribution is 2.36. The molecule has 1 aromatic rings. The summed E-state index contributed by atoms with van der Waals surface area (Å²) in [4.78, 5) is 22.5. The Balaban J connectivity index is 2.24. The molecule has 1 aliphatic heterocycles. The monoisotopic (exact) mass is 331 g/mol. The Hall–Kier alpha value is -2.14. The highest BCUT2D eigenvalue weighted by atomic mass is 16.4. The number of carbonyl (C=O) groups is 2. The van der Waals surface area contributed by atoms with Gasteiger partial charge in [-0.3, -0.25) is 9.59 Å². The second-order valence-corrected chi connectivity index (χ2v) is 7.44. The average molecular weight is 331 g/mol. The van der Waals surface area contributed by atoms with Gasteiger partial charge < -0.3 is 15.5 Å². The molecule has 130 valence electrons. The minimum absolute atomic E-state index is 0.0506. The summed E-state index contributed by atoms with van der Waals surface area (Å²) < 4.78 is 0. The van der Waals surface area contributed by atoms with Crippen molar-refractivity contribution in [2.24, 2.45) is 11.8 Å². The van der Waals surface area contributed by atoms with Crippen molar-refractivity contribution in [1.82, 2.24) is 5.32 Å². The Labute approximate surface area is 142 Å². The predicted molar refractivity (Wildman–Crippen MR) is 92.8 cm³/mol. The molecule has 0 saturated carbocycles. The van der Waals surface area contributed by atoms with Crippen LogP contribution in [0.3, 0.4) is 0 Å². The Morgan fingerprint density at radius 1 is 1.21 bits per heavy atom. The average Bonchev–Trinajstić information content (AvgIpc) is 2.88. The number of aliphatic carboxylic acids is 2. The SMILES string of the molecule is C=C(c1ccc(C(C)(C)C)cc1)[C@H]1CN[C@H](C(=O)O)[C@H]1CC(=O)O. The van der Waals surface area contributed by atoms with Crippen molar-refractivity contribution in [3.8, 4) is 0 Å². The van der Waals surface area contributed by atoms with Gasteiger partial charge in [0.05, 0.1) is 6.42 Å². The number of carboxylic acid groups (broad SMARTS) is 2. The lowest BCUT2D eigenvalue weighted by Gasteiger charge is -2.23. The highest BCUT2D eigenvalue weighted by molar-refractivity contribution is 5.78. The molecular formula is C19H25NO4. The molecule has 1 fully saturated rings. The fraction of sp³-hybridized carbons (Fsp3) is 0.474. The van der Waals surface area contributed by atoms with E-state index in [1.807, 2.05) is 24.3 Å². The van der Waals surface area contributed by atoms with Gasteiger partial charge in [0.15, 0.2) is 0 Å². The van der Waals surface area contributed by atoms with Crippen LogP contribution >= 0.6 is 0 Å². The van der Waals surface area contributed by atoms with Crippen molar-refractivity contribution >= 4 is 17.5 Å². The number of hydrogen-bond acceptors (Lipinski definition) is 3. The predicted octanol–water partition coefficient (Wildman–Crippen LogP) is 2.76. The van der Waals surface area contributed by atoms with Crippen molar-refractivity contribution in [3.05, 3.63) is 42.0 Å². The summed E-state index contributed by atoms with van der Waals surface area (Å²) in [6.45, 7) is 11.0. The maximum Gasteiger partial charge on any atom is 0.321 e. The topological polar surface area (TPSA) is 86.6 Å². The summed E-state index contributed by atoms with van der Waals surface area (Å²) in [6, 6.07) is 7.20. The third-order valence-corrected chi connectivity index (χ3v) is 4.75. The van der Waals surface area contributed by atoms with Crippen molar-refractivity contribution in [2.75, 3.05) is 6.54 Å². The fourth-order valence-corrected chi connectivity index (χ4v) is 3.30. The van der Waals surface area contributed by atoms with E-state index in [0.29, 0.717) is 6.54 Å². The minimum atomic E-state index is -1.01. The van der Waals surface area contributed by atoms with Gasteiger partial charge in [-0.05, 0) is 22.1 Å². The van der Waals surface area contributed by atoms with Crippen LogP contribution in [0.2, 0.25) is 0 Å². The van der Waals surface area contributed by atoms with Crippen LogP contribution in [0, 0.1) is 11.8 Å². The first kappa shape index (κ1) is 18.2. The maximum atomic E-state index is 11.4. The van der Waals surface area contributed by atoms with Crippen LogP contribution in [0.1, 0.15) is 38.3 Å². The lowest BCUT2D eigenvalue weighted by molar-refractivity contribution is -0.142. The zero-order valence-electron chi connectivity index (χ0n) is 14.4. The molecule has 1 saturated heterocycles. The van der Waals surface area contributed by atoms with Gasteiger partial charge in [-0.25, -0.2) is 0 Å². The lowest BCUT2D eigenvalue weighted by Crippen LogP contribution is -2.36. The van der Waals surface area contributed by atoms with E-state index in [2.05, 4.69) is 32.7 Å². The van der Waals surface area contributed by atoms with E-state index in [0.717, 1.165) is 11.1 Å². The van der Waals surface area contributed by atoms with Crippen LogP contribution in [0.15, 0.2) is 30.8 Å². The fourth-order valence-electron chi connectivity index (χ4n) is 3.30. The van der Waals surface area contributed by atoms with Crippen LogP contribution in [0.4, 0.5) is 0 Å². The number of carboxylic acids is 2. The molecule has 0 amide bonds. The maximum absolute atomic E-state index is 11.4. The van der Waals surface area contributed by atoms with E-state index in [1.54, 1.807) is 0 Å². The molecule has 0 radical (unpaired) electrons. The standard InChI is InChI=1S/C19H25NO4/c1-11(12-5-7-13(8-6-12)19(2,3)4)15-10-20-17(18(23)24)14(15)9-16(21)22/h5-8,14-15,17,20H,1,9-10H2,2-4H3,(H,21,22)(H,23,24)/t14-,15+,17-/m0/s1. The molecule has 0 aromatic heterocycles. The highest BCUT2D eigenvalue weighted by Gasteiger charge is 2.42. The molecule has 3 N–H and O–H groups in total. The van der Waals surface area contributed by atoms with E-state index in [1.165, 1.54) is 5.56 Å². The van der Waals surface area contributed by atoms with Gasteiger partial charge in [-0.1, -0.05) is 51.6 Å². The number of rotatable bonds is 5.